The summed E-state index contributed by atoms with van der Waals surface area (Å²) in [6.45, 7) is 9.59. The van der Waals surface area contributed by atoms with Crippen molar-refractivity contribution >= 4 is 63.5 Å². The molecule has 23 heteroatoms. The number of carbonyl (C=O) groups is 1. The average Bonchev–Trinajstić information content (AvgIpc) is 4.49. The molecule has 4 N–H and O–H groups in total. The number of anilines is 2. The van der Waals surface area contributed by atoms with E-state index < -0.39 is 41.9 Å². The number of halogens is 2. The Morgan fingerprint density at radius 1 is 0.619 bits per heavy atom. The van der Waals surface area contributed by atoms with Crippen LogP contribution in [0.15, 0.2) is 128 Å². The van der Waals surface area contributed by atoms with Crippen molar-refractivity contribution in [1.29, 1.82) is 0 Å². The van der Waals surface area contributed by atoms with Gasteiger partial charge in [0.15, 0.2) is 11.3 Å². The number of hydrogen-bond acceptors (Lipinski definition) is 16. The summed E-state index contributed by atoms with van der Waals surface area (Å²) in [6.07, 6.45) is 7.42. The number of nitrogens with zero attached hydrogens (tertiary/aromatic N) is 11. The Hall–Kier alpha value is -8.53. The maximum absolute atomic E-state index is 13.6. The molecule has 2 saturated carbocycles. The zero-order valence-electron chi connectivity index (χ0n) is 46.7. The van der Waals surface area contributed by atoms with Gasteiger partial charge in [-0.05, 0) is 98.6 Å². The van der Waals surface area contributed by atoms with Gasteiger partial charge >= 0.3 is 17.6 Å². The van der Waals surface area contributed by atoms with Gasteiger partial charge in [-0.2, -0.15) is 9.97 Å². The molecule has 0 unspecified atom stereocenters. The molecule has 4 aromatic carbocycles. The standard InChI is InChI=1S/C31H30ClN7O4.C30H32ClN7O3/c1-17-11-13-19(14-12-17)16-38-25-23(21-9-6-10-22(32)15-21)33-27(28-36-30(40)43-37-28)34-26(25)35-29(38)39-24(18(2)42-31(39)41)20-7-4-3-5-8-20;1-17-11-13-19(14-12-17)16-38-25-24(21-9-6-10-22(31)15-21)32-27(28-36-30(40)41-37-28)34-26(25)35-29(38)33-23(18(2)39)20-7-4-3-5-8-20/h3-10,15,17-19,24H,11-14,16H2,1-2H3,(H,36,37,40);3-10,15,17-19,23,39H,11-14,16H2,1-2H3,(H,36,37,40)(H,32,33,34,35)/t17?,18-,19?,24-;17?,18-,19?,23-/m00/s1. The molecule has 0 radical (unpaired) electrons. The lowest BCUT2D eigenvalue weighted by Crippen LogP contribution is -2.32. The van der Waals surface area contributed by atoms with Gasteiger partial charge < -0.3 is 24.3 Å². The number of benzene rings is 4. The van der Waals surface area contributed by atoms with Crippen LogP contribution in [-0.2, 0) is 17.8 Å². The molecule has 2 aliphatic carbocycles. The number of cyclic esters (lactones) is 1. The summed E-state index contributed by atoms with van der Waals surface area (Å²) in [4.78, 5) is 72.9. The maximum atomic E-state index is 13.6. The smallest absolute Gasteiger partial charge is 0.439 e. The SMILES string of the molecule is CC1CCC(Cn2c(N3C(=O)O[C@@H](C)[C@H]3c3ccccc3)nc3nc(-c4noc(=O)[nH]4)nc(-c4cccc(Cl)c4)c32)CC1.CC1CCC(Cn2c(N[C@H](c3ccccc3)[C@H](C)O)nc3nc(-c4noc(=O)[nH]4)nc(-c4cccc(Cl)c4)c32)CC1. The van der Waals surface area contributed by atoms with E-state index in [0.29, 0.717) is 81.0 Å². The number of hydrogen-bond donors (Lipinski definition) is 4. The summed E-state index contributed by atoms with van der Waals surface area (Å²) >= 11 is 12.8. The van der Waals surface area contributed by atoms with Crippen LogP contribution in [-0.4, -0.2) is 82.7 Å². The Labute approximate surface area is 491 Å². The molecule has 4 atom stereocenters. The minimum atomic E-state index is -0.722. The first-order valence-electron chi connectivity index (χ1n) is 28.5. The molecule has 21 nitrogen and oxygen atoms in total. The lowest BCUT2D eigenvalue weighted by Gasteiger charge is -2.29. The molecule has 1 saturated heterocycles. The van der Waals surface area contributed by atoms with Gasteiger partial charge in [-0.3, -0.25) is 19.0 Å². The first-order valence-corrected chi connectivity index (χ1v) is 29.2. The lowest BCUT2D eigenvalue weighted by molar-refractivity contribution is 0.141. The van der Waals surface area contributed by atoms with Crippen LogP contribution in [0.3, 0.4) is 0 Å². The molecule has 3 aliphatic rings. The molecule has 1 aliphatic heterocycles. The molecule has 0 bridgehead atoms. The highest BCUT2D eigenvalue weighted by atomic mass is 35.5. The number of aliphatic hydroxyl groups excluding tert-OH is 1. The number of carbonyl (C=O) groups excluding carboxylic acids is 1. The third-order valence-electron chi connectivity index (χ3n) is 16.3. The molecular formula is C61H62Cl2N14O7. The van der Waals surface area contributed by atoms with Gasteiger partial charge in [-0.15, -0.1) is 0 Å². The normalized spacial score (nSPS) is 20.6. The third kappa shape index (κ3) is 11.7. The number of nitrogens with one attached hydrogen (secondary N) is 3. The molecule has 13 rings (SSSR count). The highest BCUT2D eigenvalue weighted by Gasteiger charge is 2.44. The van der Waals surface area contributed by atoms with E-state index in [1.54, 1.807) is 24.0 Å². The van der Waals surface area contributed by atoms with E-state index in [0.717, 1.165) is 72.2 Å². The second kappa shape index (κ2) is 24.0. The van der Waals surface area contributed by atoms with Crippen molar-refractivity contribution in [2.24, 2.45) is 23.7 Å². The molecule has 7 heterocycles. The van der Waals surface area contributed by atoms with Crippen LogP contribution in [0.1, 0.15) is 102 Å². The summed E-state index contributed by atoms with van der Waals surface area (Å²) in [7, 11) is 0. The van der Waals surface area contributed by atoms with Gasteiger partial charge in [0.25, 0.3) is 0 Å². The van der Waals surface area contributed by atoms with E-state index in [1.807, 2.05) is 104 Å². The van der Waals surface area contributed by atoms with Crippen LogP contribution >= 0.6 is 23.2 Å². The number of amides is 1. The fraction of sp³-hybridized carbons (Fsp3) is 0.361. The summed E-state index contributed by atoms with van der Waals surface area (Å²) < 4.78 is 19.5. The Balaban J connectivity index is 0.000000166. The number of ether oxygens (including phenoxy) is 1. The predicted octanol–water partition coefficient (Wildman–Crippen LogP) is 12.3. The number of fused-ring (bicyclic) bond motifs is 2. The average molecular weight is 1170 g/mol. The molecule has 10 aromatic rings. The summed E-state index contributed by atoms with van der Waals surface area (Å²) in [6, 6.07) is 33.6. The predicted molar refractivity (Wildman–Crippen MR) is 318 cm³/mol. The van der Waals surface area contributed by atoms with Gasteiger partial charge in [0.1, 0.15) is 34.6 Å². The van der Waals surface area contributed by atoms with Crippen molar-refractivity contribution in [3.05, 3.63) is 151 Å². The monoisotopic (exact) mass is 1170 g/mol. The topological polar surface area (TPSA) is 267 Å². The number of aliphatic hydroxyl groups is 1. The van der Waals surface area contributed by atoms with Gasteiger partial charge in [0, 0.05) is 34.3 Å². The number of aromatic amines is 2. The lowest BCUT2D eigenvalue weighted by atomic mass is 9.83. The molecule has 1 amide bonds. The molecule has 432 valence electrons. The number of rotatable bonds is 14. The quantitative estimate of drug-likeness (QED) is 0.0788. The summed E-state index contributed by atoms with van der Waals surface area (Å²) in [5.41, 5.74) is 6.71. The van der Waals surface area contributed by atoms with Crippen molar-refractivity contribution in [3.8, 4) is 45.8 Å². The first kappa shape index (κ1) is 56.0. The van der Waals surface area contributed by atoms with E-state index in [-0.39, 0.29) is 23.3 Å². The van der Waals surface area contributed by atoms with Crippen LogP contribution in [0.5, 0.6) is 0 Å². The van der Waals surface area contributed by atoms with Gasteiger partial charge in [-0.25, -0.2) is 39.2 Å². The van der Waals surface area contributed by atoms with E-state index in [9.17, 15) is 19.5 Å². The zero-order chi connectivity index (χ0) is 58.2. The van der Waals surface area contributed by atoms with Gasteiger partial charge in [0.05, 0.1) is 12.1 Å². The summed E-state index contributed by atoms with van der Waals surface area (Å²) in [5.74, 6) is 2.31. The molecule has 3 fully saturated rings. The van der Waals surface area contributed by atoms with Crippen molar-refractivity contribution in [3.63, 3.8) is 0 Å². The highest BCUT2D eigenvalue weighted by Crippen LogP contribution is 2.43. The molecule has 0 spiro atoms. The number of H-pyrrole nitrogens is 2. The van der Waals surface area contributed by atoms with Crippen LogP contribution in [0.2, 0.25) is 10.0 Å². The second-order valence-corrected chi connectivity index (χ2v) is 23.3. The van der Waals surface area contributed by atoms with E-state index in [4.69, 9.17) is 66.9 Å². The number of aromatic nitrogens is 12. The van der Waals surface area contributed by atoms with Crippen molar-refractivity contribution < 1.29 is 23.7 Å². The van der Waals surface area contributed by atoms with E-state index in [1.165, 1.54) is 12.8 Å². The largest absolute Gasteiger partial charge is 0.443 e. The fourth-order valence-electron chi connectivity index (χ4n) is 11.9. The van der Waals surface area contributed by atoms with Crippen LogP contribution in [0.25, 0.3) is 68.1 Å². The van der Waals surface area contributed by atoms with Crippen molar-refractivity contribution in [2.45, 2.75) is 116 Å². The first-order chi connectivity index (χ1) is 40.7. The van der Waals surface area contributed by atoms with Crippen molar-refractivity contribution in [2.75, 3.05) is 10.2 Å². The Morgan fingerprint density at radius 3 is 1.62 bits per heavy atom. The fourth-order valence-corrected chi connectivity index (χ4v) is 12.3. The molecule has 84 heavy (non-hydrogen) atoms. The Morgan fingerprint density at radius 2 is 1.12 bits per heavy atom. The third-order valence-corrected chi connectivity index (χ3v) is 16.8. The minimum Gasteiger partial charge on any atom is -0.443 e. The zero-order valence-corrected chi connectivity index (χ0v) is 48.2. The Bertz CT molecular complexity index is 4090. The van der Waals surface area contributed by atoms with Crippen molar-refractivity contribution in [1.82, 2.24) is 59.3 Å². The van der Waals surface area contributed by atoms with E-state index >= 15 is 0 Å². The Kier molecular flexibility index (Phi) is 16.0. The van der Waals surface area contributed by atoms with E-state index in [2.05, 4.69) is 48.6 Å². The maximum Gasteiger partial charge on any atom is 0.439 e. The summed E-state index contributed by atoms with van der Waals surface area (Å²) in [5, 5.41) is 23.1. The van der Waals surface area contributed by atoms with Crippen LogP contribution in [0, 0.1) is 23.7 Å². The molecular weight excluding hydrogens is 1110 g/mol. The van der Waals surface area contributed by atoms with Crippen LogP contribution in [0.4, 0.5) is 16.7 Å². The molecule has 6 aromatic heterocycles. The second-order valence-electron chi connectivity index (χ2n) is 22.5. The van der Waals surface area contributed by atoms with Gasteiger partial charge in [-0.1, -0.05) is 158 Å². The highest BCUT2D eigenvalue weighted by molar-refractivity contribution is 6.31. The van der Waals surface area contributed by atoms with Gasteiger partial charge in [0.2, 0.25) is 35.2 Å². The number of imidazole rings is 2. The van der Waals surface area contributed by atoms with Crippen LogP contribution < -0.4 is 21.7 Å². The minimum absolute atomic E-state index is 0.0731.